The molecule has 0 aromatic carbocycles. The van der Waals surface area contributed by atoms with E-state index >= 15 is 0 Å². The van der Waals surface area contributed by atoms with Crippen LogP contribution in [0.4, 0.5) is 0 Å². The van der Waals surface area contributed by atoms with Crippen LogP contribution in [0.3, 0.4) is 0 Å². The minimum Gasteiger partial charge on any atom is -0.462 e. The lowest BCUT2D eigenvalue weighted by Crippen LogP contribution is -2.47. The summed E-state index contributed by atoms with van der Waals surface area (Å²) in [5, 5.41) is 10.8. The van der Waals surface area contributed by atoms with Crippen molar-refractivity contribution in [1.29, 1.82) is 0 Å². The molecule has 2 fully saturated rings. The predicted octanol–water partition coefficient (Wildman–Crippen LogP) is 1.33. The molecule has 0 bridgehead atoms. The zero-order chi connectivity index (χ0) is 13.9. The molecule has 1 heterocycles. The van der Waals surface area contributed by atoms with Crippen LogP contribution in [0.5, 0.6) is 0 Å². The van der Waals surface area contributed by atoms with E-state index in [0.29, 0.717) is 0 Å². The van der Waals surface area contributed by atoms with Gasteiger partial charge in [0.15, 0.2) is 5.78 Å². The molecular weight excluding hydrogens is 244 g/mol. The maximum atomic E-state index is 12.2. The number of aliphatic hydroxyl groups is 1. The van der Waals surface area contributed by atoms with Crippen LogP contribution in [0.1, 0.15) is 27.2 Å². The summed E-state index contributed by atoms with van der Waals surface area (Å²) in [5.41, 5.74) is -0.804. The summed E-state index contributed by atoms with van der Waals surface area (Å²) >= 11 is 0. The molecule has 0 radical (unpaired) electrons. The lowest BCUT2D eigenvalue weighted by Gasteiger charge is -2.37. The fraction of sp³-hybridized carbons (Fsp3) is 0.733. The van der Waals surface area contributed by atoms with Crippen LogP contribution in [-0.2, 0) is 14.3 Å². The van der Waals surface area contributed by atoms with Gasteiger partial charge in [-0.3, -0.25) is 9.59 Å². The SMILES string of the molecule is C[C@@H]1C[C@H]2OC(=O)[C@@H](C)[C@H]2[C@@H](O)[C@@]2(C)C(=O)C=C[C@H]12. The fourth-order valence-electron chi connectivity index (χ4n) is 4.27. The number of rotatable bonds is 0. The van der Waals surface area contributed by atoms with Crippen LogP contribution in [0, 0.1) is 29.1 Å². The van der Waals surface area contributed by atoms with E-state index in [0.717, 1.165) is 6.42 Å². The van der Waals surface area contributed by atoms with Crippen LogP contribution in [-0.4, -0.2) is 29.1 Å². The first-order chi connectivity index (χ1) is 8.87. The van der Waals surface area contributed by atoms with Gasteiger partial charge in [0, 0.05) is 5.92 Å². The number of ether oxygens (including phenoxy) is 1. The molecule has 3 rings (SSSR count). The van der Waals surface area contributed by atoms with E-state index < -0.39 is 11.5 Å². The number of aliphatic hydroxyl groups excluding tert-OH is 1. The summed E-state index contributed by atoms with van der Waals surface area (Å²) in [6.45, 7) is 5.69. The van der Waals surface area contributed by atoms with E-state index in [1.165, 1.54) is 0 Å². The predicted molar refractivity (Wildman–Crippen MR) is 68.1 cm³/mol. The highest BCUT2D eigenvalue weighted by molar-refractivity contribution is 5.98. The van der Waals surface area contributed by atoms with E-state index in [4.69, 9.17) is 4.74 Å². The third-order valence-corrected chi connectivity index (χ3v) is 5.52. The Labute approximate surface area is 112 Å². The molecule has 4 heteroatoms. The number of hydrogen-bond donors (Lipinski definition) is 1. The van der Waals surface area contributed by atoms with Gasteiger partial charge in [-0.15, -0.1) is 0 Å². The zero-order valence-corrected chi connectivity index (χ0v) is 11.5. The van der Waals surface area contributed by atoms with Crippen molar-refractivity contribution in [2.75, 3.05) is 0 Å². The van der Waals surface area contributed by atoms with Gasteiger partial charge in [-0.05, 0) is 31.3 Å². The number of esters is 1. The summed E-state index contributed by atoms with van der Waals surface area (Å²) in [6, 6.07) is 0. The molecule has 1 N–H and O–H groups in total. The highest BCUT2D eigenvalue weighted by Crippen LogP contribution is 2.53. The normalized spacial score (nSPS) is 52.6. The Morgan fingerprint density at radius 1 is 1.37 bits per heavy atom. The molecule has 0 aromatic heterocycles. The number of carbonyl (C=O) groups is 2. The van der Waals surface area contributed by atoms with E-state index in [1.807, 2.05) is 13.0 Å². The number of hydrogen-bond acceptors (Lipinski definition) is 4. The Morgan fingerprint density at radius 2 is 2.05 bits per heavy atom. The second-order valence-corrected chi connectivity index (χ2v) is 6.53. The molecule has 3 aliphatic rings. The van der Waals surface area contributed by atoms with Gasteiger partial charge in [0.25, 0.3) is 0 Å². The third-order valence-electron chi connectivity index (χ3n) is 5.52. The number of fused-ring (bicyclic) bond motifs is 2. The van der Waals surface area contributed by atoms with Crippen molar-refractivity contribution in [2.45, 2.75) is 39.4 Å². The van der Waals surface area contributed by atoms with Gasteiger partial charge in [-0.2, -0.15) is 0 Å². The van der Waals surface area contributed by atoms with Gasteiger partial charge in [0.05, 0.1) is 17.4 Å². The summed E-state index contributed by atoms with van der Waals surface area (Å²) < 4.78 is 5.41. The largest absolute Gasteiger partial charge is 0.462 e. The van der Waals surface area contributed by atoms with Crippen molar-refractivity contribution in [3.63, 3.8) is 0 Å². The molecule has 2 aliphatic carbocycles. The molecule has 0 aromatic rings. The minimum atomic E-state index is -0.823. The Balaban J connectivity index is 2.06. The summed E-state index contributed by atoms with van der Waals surface area (Å²) in [5.74, 6) is -0.627. The van der Waals surface area contributed by atoms with Gasteiger partial charge in [0.1, 0.15) is 6.10 Å². The topological polar surface area (TPSA) is 63.6 Å². The molecule has 0 unspecified atom stereocenters. The number of carbonyl (C=O) groups excluding carboxylic acids is 2. The smallest absolute Gasteiger partial charge is 0.309 e. The van der Waals surface area contributed by atoms with Crippen molar-refractivity contribution in [2.24, 2.45) is 29.1 Å². The van der Waals surface area contributed by atoms with Crippen molar-refractivity contribution in [3.8, 4) is 0 Å². The first-order valence-corrected chi connectivity index (χ1v) is 6.98. The monoisotopic (exact) mass is 264 g/mol. The number of ketones is 1. The summed E-state index contributed by atoms with van der Waals surface area (Å²) in [6.07, 6.45) is 3.15. The van der Waals surface area contributed by atoms with Crippen molar-refractivity contribution >= 4 is 11.8 Å². The molecule has 1 saturated heterocycles. The Hall–Kier alpha value is -1.16. The Kier molecular flexibility index (Phi) is 2.65. The second kappa shape index (κ2) is 3.92. The fourth-order valence-corrected chi connectivity index (χ4v) is 4.27. The highest BCUT2D eigenvalue weighted by atomic mass is 16.6. The Morgan fingerprint density at radius 3 is 2.74 bits per heavy atom. The summed E-state index contributed by atoms with van der Waals surface area (Å²) in [7, 11) is 0. The first-order valence-electron chi connectivity index (χ1n) is 6.98. The van der Waals surface area contributed by atoms with Crippen LogP contribution >= 0.6 is 0 Å². The van der Waals surface area contributed by atoms with Crippen molar-refractivity contribution in [3.05, 3.63) is 12.2 Å². The molecular formula is C15H20O4. The average molecular weight is 264 g/mol. The maximum Gasteiger partial charge on any atom is 0.309 e. The van der Waals surface area contributed by atoms with Crippen molar-refractivity contribution < 1.29 is 19.4 Å². The van der Waals surface area contributed by atoms with Crippen LogP contribution < -0.4 is 0 Å². The molecule has 1 aliphatic heterocycles. The van der Waals surface area contributed by atoms with Gasteiger partial charge in [-0.25, -0.2) is 0 Å². The van der Waals surface area contributed by atoms with E-state index in [-0.39, 0.29) is 41.5 Å². The van der Waals surface area contributed by atoms with Gasteiger partial charge in [-0.1, -0.05) is 19.9 Å². The molecule has 104 valence electrons. The highest BCUT2D eigenvalue weighted by Gasteiger charge is 2.60. The zero-order valence-electron chi connectivity index (χ0n) is 11.5. The molecule has 0 spiro atoms. The molecule has 1 saturated carbocycles. The van der Waals surface area contributed by atoms with Crippen LogP contribution in [0.2, 0.25) is 0 Å². The molecule has 7 atom stereocenters. The van der Waals surface area contributed by atoms with Gasteiger partial charge < -0.3 is 9.84 Å². The van der Waals surface area contributed by atoms with Crippen molar-refractivity contribution in [1.82, 2.24) is 0 Å². The van der Waals surface area contributed by atoms with Gasteiger partial charge >= 0.3 is 5.97 Å². The van der Waals surface area contributed by atoms with Crippen LogP contribution in [0.15, 0.2) is 12.2 Å². The third kappa shape index (κ3) is 1.49. The Bertz CT molecular complexity index is 469. The first kappa shape index (κ1) is 12.9. The molecule has 19 heavy (non-hydrogen) atoms. The van der Waals surface area contributed by atoms with E-state index in [1.54, 1.807) is 13.0 Å². The molecule has 0 amide bonds. The quantitative estimate of drug-likeness (QED) is 0.670. The standard InChI is InChI=1S/C15H20O4/c1-7-6-10-12(8(2)14(18)19-10)13(17)15(3)9(7)4-5-11(15)16/h4-5,7-10,12-13,17H,6H2,1-3H3/t7-,8+,9-,10-,12-,13-,15-/m1/s1. The number of allylic oxidation sites excluding steroid dienone is 2. The van der Waals surface area contributed by atoms with E-state index in [9.17, 15) is 14.7 Å². The lowest BCUT2D eigenvalue weighted by atomic mass is 9.67. The summed E-state index contributed by atoms with van der Waals surface area (Å²) in [4.78, 5) is 24.0. The maximum absolute atomic E-state index is 12.2. The minimum absolute atomic E-state index is 0.0240. The van der Waals surface area contributed by atoms with Gasteiger partial charge in [0.2, 0.25) is 0 Å². The molecule has 4 nitrogen and oxygen atoms in total. The van der Waals surface area contributed by atoms with E-state index in [2.05, 4.69) is 6.92 Å². The average Bonchev–Trinajstić information content (AvgIpc) is 2.77. The second-order valence-electron chi connectivity index (χ2n) is 6.53. The van der Waals surface area contributed by atoms with Crippen LogP contribution in [0.25, 0.3) is 0 Å². The lowest BCUT2D eigenvalue weighted by molar-refractivity contribution is -0.144.